The van der Waals surface area contributed by atoms with E-state index in [0.717, 1.165) is 18.5 Å². The molecule has 1 aliphatic rings. The molecule has 0 saturated heterocycles. The van der Waals surface area contributed by atoms with Gasteiger partial charge in [-0.15, -0.1) is 0 Å². The van der Waals surface area contributed by atoms with E-state index in [4.69, 9.17) is 5.84 Å². The summed E-state index contributed by atoms with van der Waals surface area (Å²) in [6, 6.07) is 1.83. The van der Waals surface area contributed by atoms with Crippen LogP contribution in [-0.2, 0) is 0 Å². The lowest BCUT2D eigenvalue weighted by molar-refractivity contribution is 0.0900. The zero-order valence-electron chi connectivity index (χ0n) is 14.9. The van der Waals surface area contributed by atoms with Gasteiger partial charge in [-0.05, 0) is 45.6 Å². The summed E-state index contributed by atoms with van der Waals surface area (Å²) in [4.78, 5) is 25.5. The quantitative estimate of drug-likeness (QED) is 0.485. The topological polar surface area (TPSA) is 110 Å². The van der Waals surface area contributed by atoms with Gasteiger partial charge in [0.05, 0.1) is 11.9 Å². The van der Waals surface area contributed by atoms with Crippen LogP contribution in [0, 0.1) is 12.8 Å². The molecular weight excluding hydrogens is 318 g/mol. The Labute approximate surface area is 146 Å². The first-order chi connectivity index (χ1) is 11.9. The largest absolute Gasteiger partial charge is 0.345 e. The first kappa shape index (κ1) is 17.1. The van der Waals surface area contributed by atoms with E-state index < -0.39 is 0 Å². The number of nitrogens with one attached hydrogen (secondary N) is 1. The number of hydrogen-bond acceptors (Lipinski definition) is 6. The second kappa shape index (κ2) is 6.27. The van der Waals surface area contributed by atoms with E-state index in [1.54, 1.807) is 17.8 Å². The Kier molecular flexibility index (Phi) is 4.28. The van der Waals surface area contributed by atoms with Crippen molar-refractivity contribution >= 4 is 23.5 Å². The van der Waals surface area contributed by atoms with Crippen LogP contribution in [-0.4, -0.2) is 44.8 Å². The zero-order valence-corrected chi connectivity index (χ0v) is 14.9. The van der Waals surface area contributed by atoms with Crippen molar-refractivity contribution in [1.82, 2.24) is 19.7 Å². The third-order valence-corrected chi connectivity index (χ3v) is 4.60. The number of aromatic nitrogens is 3. The number of rotatable bonds is 5. The molecule has 2 aromatic heterocycles. The molecule has 1 aliphatic carbocycles. The van der Waals surface area contributed by atoms with Crippen LogP contribution in [0.5, 0.6) is 0 Å². The minimum atomic E-state index is -0.252. The minimum Gasteiger partial charge on any atom is -0.345 e. The van der Waals surface area contributed by atoms with Crippen molar-refractivity contribution in [2.45, 2.75) is 39.2 Å². The summed E-state index contributed by atoms with van der Waals surface area (Å²) in [6.45, 7) is 6.00. The van der Waals surface area contributed by atoms with Crippen LogP contribution >= 0.6 is 0 Å². The zero-order chi connectivity index (χ0) is 18.2. The summed E-state index contributed by atoms with van der Waals surface area (Å²) in [6.07, 6.45) is 5.43. The minimum absolute atomic E-state index is 0.223. The number of hydrazone groups is 1. The number of nitrogens with two attached hydrogens (primary N) is 1. The van der Waals surface area contributed by atoms with E-state index in [-0.39, 0.29) is 11.4 Å². The van der Waals surface area contributed by atoms with Gasteiger partial charge >= 0.3 is 0 Å². The van der Waals surface area contributed by atoms with Gasteiger partial charge < -0.3 is 11.2 Å². The number of aryl methyl sites for hydroxylation is 1. The molecule has 2 heterocycles. The van der Waals surface area contributed by atoms with Crippen molar-refractivity contribution in [1.29, 1.82) is 0 Å². The predicted molar refractivity (Wildman–Crippen MR) is 97.1 cm³/mol. The van der Waals surface area contributed by atoms with Crippen molar-refractivity contribution < 1.29 is 4.79 Å². The lowest BCUT2D eigenvalue weighted by atomic mass is 9.98. The van der Waals surface area contributed by atoms with Crippen LogP contribution in [0.2, 0.25) is 0 Å². The molecule has 1 amide bonds. The summed E-state index contributed by atoms with van der Waals surface area (Å²) in [5.74, 6) is 5.73. The molecule has 3 N–H and O–H groups in total. The molecule has 8 nitrogen and oxygen atoms in total. The monoisotopic (exact) mass is 341 g/mol. The van der Waals surface area contributed by atoms with E-state index in [1.165, 1.54) is 6.21 Å². The first-order valence-corrected chi connectivity index (χ1v) is 8.25. The molecule has 25 heavy (non-hydrogen) atoms. The van der Waals surface area contributed by atoms with E-state index in [2.05, 4.69) is 25.4 Å². The van der Waals surface area contributed by atoms with Gasteiger partial charge in [-0.25, -0.2) is 9.97 Å². The van der Waals surface area contributed by atoms with Gasteiger partial charge in [0.1, 0.15) is 12.0 Å². The summed E-state index contributed by atoms with van der Waals surface area (Å²) < 4.78 is 1.78. The maximum atomic E-state index is 12.7. The average molecular weight is 341 g/mol. The SMILES string of the molecule is CN=CC(=NN)c1cc(C)n2cnc(C(=O)NC(C)(C)C3CC3)c2n1. The molecule has 0 radical (unpaired) electrons. The Morgan fingerprint density at radius 2 is 2.20 bits per heavy atom. The molecule has 0 unspecified atom stereocenters. The van der Waals surface area contributed by atoms with Gasteiger partial charge in [-0.1, -0.05) is 0 Å². The highest BCUT2D eigenvalue weighted by Crippen LogP contribution is 2.39. The van der Waals surface area contributed by atoms with E-state index in [0.29, 0.717) is 28.7 Å². The fourth-order valence-electron chi connectivity index (χ4n) is 2.96. The van der Waals surface area contributed by atoms with Crippen LogP contribution in [0.1, 0.15) is 48.6 Å². The summed E-state index contributed by atoms with van der Waals surface area (Å²) >= 11 is 0. The van der Waals surface area contributed by atoms with Crippen LogP contribution in [0.3, 0.4) is 0 Å². The van der Waals surface area contributed by atoms with Crippen LogP contribution in [0.25, 0.3) is 5.65 Å². The molecule has 0 atom stereocenters. The number of nitrogens with zero attached hydrogens (tertiary/aromatic N) is 5. The Morgan fingerprint density at radius 1 is 1.48 bits per heavy atom. The number of hydrogen-bond donors (Lipinski definition) is 2. The molecule has 8 heteroatoms. The number of carbonyl (C=O) groups is 1. The van der Waals surface area contributed by atoms with Gasteiger partial charge in [-0.3, -0.25) is 14.2 Å². The second-order valence-electron chi connectivity index (χ2n) is 6.92. The van der Waals surface area contributed by atoms with Crippen molar-refractivity contribution in [3.8, 4) is 0 Å². The van der Waals surface area contributed by atoms with Crippen LogP contribution in [0.15, 0.2) is 22.5 Å². The maximum absolute atomic E-state index is 12.7. The molecule has 2 aromatic rings. The standard InChI is InChI=1S/C17H23N7O/c1-10-7-12(13(23-18)8-19-4)21-15-14(20-9-24(10)15)16(25)22-17(2,3)11-5-6-11/h7-9,11H,5-6,18H2,1-4H3,(H,22,25). The van der Waals surface area contributed by atoms with Gasteiger partial charge in [0.25, 0.3) is 5.91 Å². The molecule has 0 bridgehead atoms. The Balaban J connectivity index is 2.01. The normalized spacial score (nSPS) is 15.9. The van der Waals surface area contributed by atoms with E-state index in [1.807, 2.05) is 26.8 Å². The van der Waals surface area contributed by atoms with Crippen molar-refractivity contribution in [3.63, 3.8) is 0 Å². The average Bonchev–Trinajstić information content (AvgIpc) is 3.33. The lowest BCUT2D eigenvalue weighted by Crippen LogP contribution is -2.45. The third kappa shape index (κ3) is 3.24. The van der Waals surface area contributed by atoms with Crippen LogP contribution in [0.4, 0.5) is 0 Å². The van der Waals surface area contributed by atoms with Gasteiger partial charge in [-0.2, -0.15) is 5.10 Å². The summed E-state index contributed by atoms with van der Waals surface area (Å²) in [7, 11) is 1.63. The highest BCUT2D eigenvalue weighted by atomic mass is 16.2. The van der Waals surface area contributed by atoms with Gasteiger partial charge in [0.2, 0.25) is 0 Å². The summed E-state index contributed by atoms with van der Waals surface area (Å²) in [5, 5.41) is 6.80. The Hall–Kier alpha value is -2.77. The molecule has 1 saturated carbocycles. The van der Waals surface area contributed by atoms with Crippen molar-refractivity contribution in [2.24, 2.45) is 21.9 Å². The molecule has 0 aliphatic heterocycles. The highest BCUT2D eigenvalue weighted by Gasteiger charge is 2.39. The number of imidazole rings is 1. The number of fused-ring (bicyclic) bond motifs is 1. The molecule has 132 valence electrons. The predicted octanol–water partition coefficient (Wildman–Crippen LogP) is 1.32. The molecule has 1 fully saturated rings. The number of carbonyl (C=O) groups excluding carboxylic acids is 1. The maximum Gasteiger partial charge on any atom is 0.274 e. The summed E-state index contributed by atoms with van der Waals surface area (Å²) in [5.41, 5.74) is 2.39. The van der Waals surface area contributed by atoms with Gasteiger partial charge in [0, 0.05) is 18.3 Å². The van der Waals surface area contributed by atoms with Crippen molar-refractivity contribution in [2.75, 3.05) is 7.05 Å². The Bertz CT molecular complexity index is 874. The lowest BCUT2D eigenvalue weighted by Gasteiger charge is -2.25. The third-order valence-electron chi connectivity index (χ3n) is 4.60. The second-order valence-corrected chi connectivity index (χ2v) is 6.92. The van der Waals surface area contributed by atoms with E-state index in [9.17, 15) is 4.79 Å². The fourth-order valence-corrected chi connectivity index (χ4v) is 2.96. The smallest absolute Gasteiger partial charge is 0.274 e. The van der Waals surface area contributed by atoms with Crippen molar-refractivity contribution in [3.05, 3.63) is 29.5 Å². The molecule has 0 aromatic carbocycles. The van der Waals surface area contributed by atoms with E-state index >= 15 is 0 Å². The first-order valence-electron chi connectivity index (χ1n) is 8.25. The highest BCUT2D eigenvalue weighted by molar-refractivity contribution is 6.37. The number of aliphatic imine (C=N–C) groups is 1. The van der Waals surface area contributed by atoms with Gasteiger partial charge in [0.15, 0.2) is 11.3 Å². The Morgan fingerprint density at radius 3 is 2.80 bits per heavy atom. The molecule has 0 spiro atoms. The number of amides is 1. The molecular formula is C17H23N7O. The molecule has 3 rings (SSSR count). The van der Waals surface area contributed by atoms with Crippen LogP contribution < -0.4 is 11.2 Å². The fraction of sp³-hybridized carbons (Fsp3) is 0.471.